The lowest BCUT2D eigenvalue weighted by molar-refractivity contribution is -0.132. The highest BCUT2D eigenvalue weighted by molar-refractivity contribution is 5.89. The van der Waals surface area contributed by atoms with Crippen LogP contribution in [-0.4, -0.2) is 49.6 Å². The number of hydrogen-bond acceptors (Lipinski definition) is 4. The molecule has 0 bridgehead atoms. The van der Waals surface area contributed by atoms with Gasteiger partial charge in [-0.25, -0.2) is 0 Å². The lowest BCUT2D eigenvalue weighted by atomic mass is 10.1. The summed E-state index contributed by atoms with van der Waals surface area (Å²) in [5.41, 5.74) is 0.808. The van der Waals surface area contributed by atoms with Crippen LogP contribution in [0.15, 0.2) is 18.2 Å². The van der Waals surface area contributed by atoms with Crippen molar-refractivity contribution < 1.29 is 19.1 Å². The van der Waals surface area contributed by atoms with Crippen molar-refractivity contribution in [2.45, 2.75) is 39.2 Å². The number of nitrogens with zero attached hydrogens (tertiary/aromatic N) is 1. The van der Waals surface area contributed by atoms with Crippen molar-refractivity contribution in [2.75, 3.05) is 27.3 Å². The zero-order valence-electron chi connectivity index (χ0n) is 15.7. The maximum atomic E-state index is 12.3. The molecule has 138 valence electrons. The third-order valence-corrected chi connectivity index (χ3v) is 4.47. The highest BCUT2D eigenvalue weighted by Crippen LogP contribution is 2.28. The third kappa shape index (κ3) is 4.65. The van der Waals surface area contributed by atoms with Gasteiger partial charge in [0.1, 0.15) is 0 Å². The van der Waals surface area contributed by atoms with E-state index in [0.717, 1.165) is 5.56 Å². The molecule has 6 nitrogen and oxygen atoms in total. The predicted molar refractivity (Wildman–Crippen MR) is 95.8 cm³/mol. The van der Waals surface area contributed by atoms with Crippen molar-refractivity contribution in [3.63, 3.8) is 0 Å². The molecule has 1 aliphatic heterocycles. The van der Waals surface area contributed by atoms with Crippen LogP contribution in [0.25, 0.3) is 0 Å². The first-order valence-corrected chi connectivity index (χ1v) is 8.55. The highest BCUT2D eigenvalue weighted by Gasteiger charge is 2.39. The van der Waals surface area contributed by atoms with Crippen molar-refractivity contribution in [1.29, 1.82) is 0 Å². The number of rotatable bonds is 6. The number of likely N-dealkylation sites (tertiary alicyclic amines) is 1. The number of ether oxygens (including phenoxy) is 2. The number of amides is 2. The largest absolute Gasteiger partial charge is 0.493 e. The summed E-state index contributed by atoms with van der Waals surface area (Å²) in [5.74, 6) is 1.08. The van der Waals surface area contributed by atoms with E-state index < -0.39 is 0 Å². The van der Waals surface area contributed by atoms with E-state index >= 15 is 0 Å². The first-order valence-electron chi connectivity index (χ1n) is 8.55. The predicted octanol–water partition coefficient (Wildman–Crippen LogP) is 2.01. The van der Waals surface area contributed by atoms with Crippen molar-refractivity contribution >= 4 is 11.8 Å². The monoisotopic (exact) mass is 348 g/mol. The molecule has 1 N–H and O–H groups in total. The van der Waals surface area contributed by atoms with Crippen LogP contribution >= 0.6 is 0 Å². The molecule has 25 heavy (non-hydrogen) atoms. The van der Waals surface area contributed by atoms with E-state index in [1.54, 1.807) is 19.1 Å². The minimum absolute atomic E-state index is 0.0486. The van der Waals surface area contributed by atoms with Crippen molar-refractivity contribution in [3.8, 4) is 11.5 Å². The van der Waals surface area contributed by atoms with Crippen LogP contribution in [0.5, 0.6) is 11.5 Å². The molecule has 2 amide bonds. The van der Waals surface area contributed by atoms with Gasteiger partial charge in [0.2, 0.25) is 11.8 Å². The van der Waals surface area contributed by atoms with Gasteiger partial charge in [-0.05, 0) is 44.9 Å². The molecule has 0 aliphatic carbocycles. The van der Waals surface area contributed by atoms with Gasteiger partial charge in [-0.2, -0.15) is 0 Å². The standard InChI is InChI=1S/C19H28N2O4/c1-19(2,3)21-12-14(11-17(21)22)18(23)20-9-8-13-6-7-15(24-4)16(10-13)25-5/h6-7,10,14H,8-9,11-12H2,1-5H3,(H,20,23). The second-order valence-electron chi connectivity index (χ2n) is 7.31. The van der Waals surface area contributed by atoms with E-state index in [-0.39, 0.29) is 23.3 Å². The average molecular weight is 348 g/mol. The molecule has 1 aromatic carbocycles. The number of carbonyl (C=O) groups excluding carboxylic acids is 2. The molecule has 1 saturated heterocycles. The molecule has 1 fully saturated rings. The van der Waals surface area contributed by atoms with Crippen LogP contribution in [0.2, 0.25) is 0 Å². The Hall–Kier alpha value is -2.24. The van der Waals surface area contributed by atoms with Gasteiger partial charge in [0, 0.05) is 25.0 Å². The summed E-state index contributed by atoms with van der Waals surface area (Å²) >= 11 is 0. The number of methoxy groups -OCH3 is 2. The fraction of sp³-hybridized carbons (Fsp3) is 0.579. The van der Waals surface area contributed by atoms with Crippen molar-refractivity contribution in [3.05, 3.63) is 23.8 Å². The normalized spacial score (nSPS) is 17.6. The SMILES string of the molecule is COc1ccc(CCNC(=O)C2CC(=O)N(C(C)(C)C)C2)cc1OC. The molecular formula is C19H28N2O4. The summed E-state index contributed by atoms with van der Waals surface area (Å²) in [4.78, 5) is 26.2. The molecule has 0 radical (unpaired) electrons. The molecule has 0 spiro atoms. The zero-order chi connectivity index (χ0) is 18.6. The van der Waals surface area contributed by atoms with E-state index in [1.807, 2.05) is 39.0 Å². The Morgan fingerprint density at radius 1 is 1.24 bits per heavy atom. The maximum Gasteiger partial charge on any atom is 0.225 e. The minimum Gasteiger partial charge on any atom is -0.493 e. The molecule has 0 aromatic heterocycles. The summed E-state index contributed by atoms with van der Waals surface area (Å²) in [6.45, 7) is 6.98. The molecule has 1 unspecified atom stereocenters. The lowest BCUT2D eigenvalue weighted by Gasteiger charge is -2.31. The van der Waals surface area contributed by atoms with Gasteiger partial charge in [0.25, 0.3) is 0 Å². The van der Waals surface area contributed by atoms with E-state index in [4.69, 9.17) is 9.47 Å². The summed E-state index contributed by atoms with van der Waals surface area (Å²) in [6.07, 6.45) is 0.981. The third-order valence-electron chi connectivity index (χ3n) is 4.47. The Labute approximate surface area is 149 Å². The summed E-state index contributed by atoms with van der Waals surface area (Å²) in [5, 5.41) is 2.94. The lowest BCUT2D eigenvalue weighted by Crippen LogP contribution is -2.43. The van der Waals surface area contributed by atoms with Crippen LogP contribution in [0, 0.1) is 5.92 Å². The topological polar surface area (TPSA) is 67.9 Å². The molecule has 1 aliphatic rings. The van der Waals surface area contributed by atoms with Crippen LogP contribution in [0.1, 0.15) is 32.8 Å². The molecule has 2 rings (SSSR count). The smallest absolute Gasteiger partial charge is 0.225 e. The molecular weight excluding hydrogens is 320 g/mol. The van der Waals surface area contributed by atoms with Crippen molar-refractivity contribution in [2.24, 2.45) is 5.92 Å². The number of benzene rings is 1. The second kappa shape index (κ2) is 7.76. The van der Waals surface area contributed by atoms with Gasteiger partial charge in [-0.15, -0.1) is 0 Å². The fourth-order valence-corrected chi connectivity index (χ4v) is 3.04. The van der Waals surface area contributed by atoms with Gasteiger partial charge in [0.15, 0.2) is 11.5 Å². The summed E-state index contributed by atoms with van der Waals surface area (Å²) < 4.78 is 10.5. The zero-order valence-corrected chi connectivity index (χ0v) is 15.7. The molecule has 1 heterocycles. The quantitative estimate of drug-likeness (QED) is 0.854. The van der Waals surface area contributed by atoms with Crippen LogP contribution < -0.4 is 14.8 Å². The Kier molecular flexibility index (Phi) is 5.93. The number of carbonyl (C=O) groups is 2. The summed E-state index contributed by atoms with van der Waals surface area (Å²) in [6, 6.07) is 5.71. The van der Waals surface area contributed by atoms with E-state index in [2.05, 4.69) is 5.32 Å². The maximum absolute atomic E-state index is 12.3. The van der Waals surface area contributed by atoms with Crippen LogP contribution in [0.3, 0.4) is 0 Å². The van der Waals surface area contributed by atoms with Gasteiger partial charge < -0.3 is 19.7 Å². The number of hydrogen-bond donors (Lipinski definition) is 1. The molecule has 6 heteroatoms. The van der Waals surface area contributed by atoms with Gasteiger partial charge in [-0.1, -0.05) is 6.07 Å². The van der Waals surface area contributed by atoms with E-state index in [0.29, 0.717) is 37.4 Å². The molecule has 0 saturated carbocycles. The first kappa shape index (κ1) is 19.1. The average Bonchev–Trinajstić information content (AvgIpc) is 2.96. The van der Waals surface area contributed by atoms with Gasteiger partial charge in [-0.3, -0.25) is 9.59 Å². The van der Waals surface area contributed by atoms with E-state index in [1.165, 1.54) is 0 Å². The highest BCUT2D eigenvalue weighted by atomic mass is 16.5. The molecule has 1 atom stereocenters. The number of nitrogens with one attached hydrogen (secondary N) is 1. The van der Waals surface area contributed by atoms with Crippen LogP contribution in [0.4, 0.5) is 0 Å². The Morgan fingerprint density at radius 3 is 2.48 bits per heavy atom. The first-order chi connectivity index (χ1) is 11.8. The Morgan fingerprint density at radius 2 is 1.92 bits per heavy atom. The Bertz CT molecular complexity index is 637. The van der Waals surface area contributed by atoms with Gasteiger partial charge >= 0.3 is 0 Å². The molecule has 1 aromatic rings. The van der Waals surface area contributed by atoms with Crippen LogP contribution in [-0.2, 0) is 16.0 Å². The van der Waals surface area contributed by atoms with E-state index in [9.17, 15) is 9.59 Å². The van der Waals surface area contributed by atoms with Gasteiger partial charge in [0.05, 0.1) is 20.1 Å². The minimum atomic E-state index is -0.267. The Balaban J connectivity index is 1.86. The second-order valence-corrected chi connectivity index (χ2v) is 7.31. The fourth-order valence-electron chi connectivity index (χ4n) is 3.04. The van der Waals surface area contributed by atoms with Crippen molar-refractivity contribution in [1.82, 2.24) is 10.2 Å². The summed E-state index contributed by atoms with van der Waals surface area (Å²) in [7, 11) is 3.20.